The molecule has 1 unspecified atom stereocenters. The van der Waals surface area contributed by atoms with E-state index in [-0.39, 0.29) is 44.4 Å². The van der Waals surface area contributed by atoms with Gasteiger partial charge in [0.25, 0.3) is 5.91 Å². The molecule has 3 atom stereocenters. The Morgan fingerprint density at radius 3 is 2.17 bits per heavy atom. The second kappa shape index (κ2) is 18.7. The van der Waals surface area contributed by atoms with Crippen molar-refractivity contribution in [2.75, 3.05) is 25.2 Å². The molecule has 0 fully saturated rings. The number of aliphatic hydroxyl groups excluding tert-OH is 1. The number of hydrogen-bond acceptors (Lipinski definition) is 7. The van der Waals surface area contributed by atoms with E-state index in [1.54, 1.807) is 35.1 Å². The number of fused-ring (bicyclic) bond motifs is 2. The Kier molecular flexibility index (Phi) is 12.8. The number of methoxy groups -OCH3 is 1. The number of carbonyl (C=O) groups excluding carboxylic acids is 3. The first-order valence-electron chi connectivity index (χ1n) is 19.8. The minimum absolute atomic E-state index is 0.0357. The Bertz CT molecular complexity index is 2410. The predicted molar refractivity (Wildman–Crippen MR) is 230 cm³/mol. The van der Waals surface area contributed by atoms with Crippen LogP contribution in [0.2, 0.25) is 0 Å². The summed E-state index contributed by atoms with van der Waals surface area (Å²) in [6.45, 7) is 5.75. The molecular formula is C50H48N2O7. The molecule has 1 aliphatic rings. The van der Waals surface area contributed by atoms with E-state index in [9.17, 15) is 9.90 Å². The molecule has 0 aliphatic carbocycles. The molecule has 6 aromatic carbocycles. The van der Waals surface area contributed by atoms with Gasteiger partial charge in [-0.15, -0.1) is 6.58 Å². The maximum atomic E-state index is 15.2. The normalized spacial score (nSPS) is 14.9. The van der Waals surface area contributed by atoms with E-state index >= 15 is 9.59 Å². The lowest BCUT2D eigenvalue weighted by Crippen LogP contribution is -2.53. The van der Waals surface area contributed by atoms with Crippen LogP contribution < -0.4 is 14.4 Å². The van der Waals surface area contributed by atoms with Gasteiger partial charge in [-0.1, -0.05) is 103 Å². The van der Waals surface area contributed by atoms with Crippen LogP contribution in [-0.4, -0.2) is 60.3 Å². The van der Waals surface area contributed by atoms with Crippen LogP contribution in [-0.2, 0) is 27.3 Å². The third-order valence-electron chi connectivity index (χ3n) is 10.7. The number of aliphatic hydroxyl groups is 1. The van der Waals surface area contributed by atoms with Crippen LogP contribution in [0.4, 0.5) is 5.69 Å². The number of amides is 2. The zero-order valence-corrected chi connectivity index (χ0v) is 33.3. The van der Waals surface area contributed by atoms with E-state index in [4.69, 9.17) is 14.2 Å². The Hall–Kier alpha value is -6.71. The first-order chi connectivity index (χ1) is 28.8. The number of ether oxygens (including phenoxy) is 3. The molecule has 7 rings (SSSR count). The first kappa shape index (κ1) is 40.5. The van der Waals surface area contributed by atoms with E-state index in [2.05, 4.69) is 18.7 Å². The molecule has 1 aliphatic heterocycles. The van der Waals surface area contributed by atoms with Crippen LogP contribution in [0.15, 0.2) is 152 Å². The molecule has 9 heteroatoms. The number of anilines is 1. The quantitative estimate of drug-likeness (QED) is 0.0593. The molecular weight excluding hydrogens is 741 g/mol. The molecule has 0 saturated heterocycles. The van der Waals surface area contributed by atoms with Crippen molar-refractivity contribution in [2.45, 2.75) is 50.9 Å². The van der Waals surface area contributed by atoms with Gasteiger partial charge >= 0.3 is 5.97 Å². The summed E-state index contributed by atoms with van der Waals surface area (Å²) in [6.07, 6.45) is 1.47. The average Bonchev–Trinajstić information content (AvgIpc) is 3.59. The fraction of sp³-hybridized carbons (Fsp3) is 0.220. The van der Waals surface area contributed by atoms with Crippen LogP contribution >= 0.6 is 0 Å². The topological polar surface area (TPSA) is 106 Å². The van der Waals surface area contributed by atoms with E-state index in [1.807, 2.05) is 115 Å². The maximum absolute atomic E-state index is 15.2. The Balaban J connectivity index is 1.40. The van der Waals surface area contributed by atoms with Gasteiger partial charge in [-0.3, -0.25) is 19.3 Å². The zero-order chi connectivity index (χ0) is 41.3. The second-order valence-corrected chi connectivity index (χ2v) is 14.6. The van der Waals surface area contributed by atoms with Gasteiger partial charge in [-0.05, 0) is 75.5 Å². The Labute approximate surface area is 345 Å². The summed E-state index contributed by atoms with van der Waals surface area (Å²) in [5, 5.41) is 11.4. The first-order valence-corrected chi connectivity index (χ1v) is 19.8. The third-order valence-corrected chi connectivity index (χ3v) is 10.7. The van der Waals surface area contributed by atoms with Gasteiger partial charge in [0, 0.05) is 44.0 Å². The van der Waals surface area contributed by atoms with Crippen molar-refractivity contribution in [2.24, 2.45) is 0 Å². The summed E-state index contributed by atoms with van der Waals surface area (Å²) in [6, 6.07) is 42.8. The minimum Gasteiger partial charge on any atom is -0.497 e. The number of benzene rings is 6. The number of esters is 1. The highest BCUT2D eigenvalue weighted by molar-refractivity contribution is 6.10. The smallest absolute Gasteiger partial charge is 0.302 e. The van der Waals surface area contributed by atoms with E-state index in [0.717, 1.165) is 33.0 Å². The third kappa shape index (κ3) is 9.21. The lowest BCUT2D eigenvalue weighted by Gasteiger charge is -2.39. The van der Waals surface area contributed by atoms with Crippen LogP contribution in [0.1, 0.15) is 52.9 Å². The number of nitrogens with zero attached hydrogens (tertiary/aromatic N) is 2. The Morgan fingerprint density at radius 2 is 1.47 bits per heavy atom. The Morgan fingerprint density at radius 1 is 0.797 bits per heavy atom. The molecule has 6 aromatic rings. The summed E-state index contributed by atoms with van der Waals surface area (Å²) in [5.41, 5.74) is 5.43. The fourth-order valence-corrected chi connectivity index (χ4v) is 7.87. The van der Waals surface area contributed by atoms with Gasteiger partial charge in [0.15, 0.2) is 0 Å². The van der Waals surface area contributed by atoms with Crippen molar-refractivity contribution in [3.63, 3.8) is 0 Å². The van der Waals surface area contributed by atoms with Gasteiger partial charge in [0.05, 0.1) is 37.9 Å². The molecule has 0 radical (unpaired) electrons. The molecule has 0 bridgehead atoms. The predicted octanol–water partition coefficient (Wildman–Crippen LogP) is 9.13. The van der Waals surface area contributed by atoms with Crippen molar-refractivity contribution < 1.29 is 33.7 Å². The molecule has 1 N–H and O–H groups in total. The molecule has 9 nitrogen and oxygen atoms in total. The molecule has 59 heavy (non-hydrogen) atoms. The van der Waals surface area contributed by atoms with E-state index in [0.29, 0.717) is 34.7 Å². The average molecular weight is 789 g/mol. The van der Waals surface area contributed by atoms with Crippen molar-refractivity contribution in [3.05, 3.63) is 174 Å². The molecule has 300 valence electrons. The van der Waals surface area contributed by atoms with Crippen LogP contribution in [0, 0.1) is 0 Å². The molecule has 0 spiro atoms. The SMILES string of the molecule is C=CCC(OC(C)=O)[C@@H]1[C@@H](N(Cc2ccc(-c3ccccc3)cc2)C(=O)Cc2ccc(OC)cc2)c2cc(OCCCO)ccc2N1C(=O)c1ccc2ccccc2c1. The highest BCUT2D eigenvalue weighted by atomic mass is 16.5. The van der Waals surface area contributed by atoms with Crippen LogP contribution in [0.5, 0.6) is 11.5 Å². The van der Waals surface area contributed by atoms with Crippen molar-refractivity contribution in [1.82, 2.24) is 4.90 Å². The van der Waals surface area contributed by atoms with Crippen molar-refractivity contribution in [3.8, 4) is 22.6 Å². The summed E-state index contributed by atoms with van der Waals surface area (Å²) in [5.74, 6) is 0.157. The van der Waals surface area contributed by atoms with Gasteiger partial charge in [0.1, 0.15) is 17.6 Å². The molecule has 0 saturated carbocycles. The summed E-state index contributed by atoms with van der Waals surface area (Å²) < 4.78 is 17.6. The van der Waals surface area contributed by atoms with E-state index in [1.165, 1.54) is 6.92 Å². The highest BCUT2D eigenvalue weighted by Gasteiger charge is 2.50. The van der Waals surface area contributed by atoms with Crippen LogP contribution in [0.25, 0.3) is 21.9 Å². The summed E-state index contributed by atoms with van der Waals surface area (Å²) in [7, 11) is 1.60. The summed E-state index contributed by atoms with van der Waals surface area (Å²) in [4.78, 5) is 46.6. The van der Waals surface area contributed by atoms with Crippen molar-refractivity contribution in [1.29, 1.82) is 0 Å². The van der Waals surface area contributed by atoms with Gasteiger partial charge < -0.3 is 24.2 Å². The number of hydrogen-bond donors (Lipinski definition) is 1. The molecule has 2 amide bonds. The lowest BCUT2D eigenvalue weighted by molar-refractivity contribution is -0.148. The highest BCUT2D eigenvalue weighted by Crippen LogP contribution is 2.48. The molecule has 0 aromatic heterocycles. The fourth-order valence-electron chi connectivity index (χ4n) is 7.87. The number of carbonyl (C=O) groups is 3. The standard InChI is InChI=1S/C50H48N2O7/c1-4-11-46(59-34(2)54)49-48(44-32-43(58-29-10-28-53)26-27-45(44)52(49)50(56)41-23-22-38-14-8-9-15-40(38)31-41)51(47(55)30-35-18-24-42(57-3)25-19-35)33-36-16-20-39(21-17-36)37-12-6-5-7-13-37/h4-9,12-27,31-32,46,48-49,53H,1,10-11,28-30,33H2,2-3H3/t46?,48-,49+/m0/s1. The summed E-state index contributed by atoms with van der Waals surface area (Å²) >= 11 is 0. The monoisotopic (exact) mass is 788 g/mol. The maximum Gasteiger partial charge on any atom is 0.302 e. The largest absolute Gasteiger partial charge is 0.497 e. The van der Waals surface area contributed by atoms with Gasteiger partial charge in [-0.25, -0.2) is 0 Å². The van der Waals surface area contributed by atoms with Crippen LogP contribution in [0.3, 0.4) is 0 Å². The minimum atomic E-state index is -0.887. The number of rotatable bonds is 16. The second-order valence-electron chi connectivity index (χ2n) is 14.6. The molecule has 1 heterocycles. The lowest BCUT2D eigenvalue weighted by atomic mass is 9.93. The van der Waals surface area contributed by atoms with E-state index < -0.39 is 24.2 Å². The van der Waals surface area contributed by atoms with Gasteiger partial charge in [0.2, 0.25) is 5.91 Å². The van der Waals surface area contributed by atoms with Gasteiger partial charge in [-0.2, -0.15) is 0 Å². The zero-order valence-electron chi connectivity index (χ0n) is 33.3. The van der Waals surface area contributed by atoms with Crippen molar-refractivity contribution >= 4 is 34.2 Å².